The van der Waals surface area contributed by atoms with E-state index in [0.29, 0.717) is 10.9 Å². The maximum absolute atomic E-state index is 12.1. The van der Waals surface area contributed by atoms with Gasteiger partial charge in [-0.2, -0.15) is 0 Å². The van der Waals surface area contributed by atoms with Crippen molar-refractivity contribution in [1.82, 2.24) is 4.98 Å². The first-order valence-electron chi connectivity index (χ1n) is 6.91. The van der Waals surface area contributed by atoms with Crippen LogP contribution in [-0.2, 0) is 4.74 Å². The van der Waals surface area contributed by atoms with Gasteiger partial charge < -0.3 is 9.72 Å². The molecule has 4 nitrogen and oxygen atoms in total. The summed E-state index contributed by atoms with van der Waals surface area (Å²) in [6.07, 6.45) is 1.71. The van der Waals surface area contributed by atoms with Crippen molar-refractivity contribution in [3.63, 3.8) is 0 Å². The third-order valence-corrected chi connectivity index (χ3v) is 3.76. The first-order chi connectivity index (χ1) is 10.6. The minimum Gasteiger partial charge on any atom is -0.465 e. The zero-order valence-corrected chi connectivity index (χ0v) is 12.3. The SMILES string of the molecule is COC(=O)c1ccc2c(-c3ccccc3C)c[nH]c(=O)c2c1. The second-order valence-corrected chi connectivity index (χ2v) is 5.10. The highest BCUT2D eigenvalue weighted by Gasteiger charge is 2.12. The lowest BCUT2D eigenvalue weighted by Crippen LogP contribution is -2.08. The Bertz CT molecular complexity index is 925. The molecule has 0 aliphatic carbocycles. The predicted octanol–water partition coefficient (Wildman–Crippen LogP) is 3.29. The van der Waals surface area contributed by atoms with E-state index < -0.39 is 5.97 Å². The molecule has 0 bridgehead atoms. The van der Waals surface area contributed by atoms with Crippen LogP contribution >= 0.6 is 0 Å². The number of carbonyl (C=O) groups is 1. The van der Waals surface area contributed by atoms with Crippen LogP contribution in [0.15, 0.2) is 53.5 Å². The van der Waals surface area contributed by atoms with E-state index in [9.17, 15) is 9.59 Å². The topological polar surface area (TPSA) is 59.2 Å². The van der Waals surface area contributed by atoms with E-state index in [4.69, 9.17) is 4.74 Å². The van der Waals surface area contributed by atoms with Gasteiger partial charge in [0.15, 0.2) is 0 Å². The molecule has 3 rings (SSSR count). The van der Waals surface area contributed by atoms with Crippen molar-refractivity contribution in [2.75, 3.05) is 7.11 Å². The Hall–Kier alpha value is -2.88. The van der Waals surface area contributed by atoms with Gasteiger partial charge in [0.1, 0.15) is 0 Å². The maximum atomic E-state index is 12.1. The molecule has 1 N–H and O–H groups in total. The van der Waals surface area contributed by atoms with Crippen molar-refractivity contribution in [2.24, 2.45) is 0 Å². The van der Waals surface area contributed by atoms with Crippen LogP contribution in [0.3, 0.4) is 0 Å². The molecule has 4 heteroatoms. The average Bonchev–Trinajstić information content (AvgIpc) is 2.55. The number of aryl methyl sites for hydroxylation is 1. The number of ether oxygens (including phenoxy) is 1. The van der Waals surface area contributed by atoms with Gasteiger partial charge in [0, 0.05) is 17.1 Å². The molecule has 0 radical (unpaired) electrons. The molecule has 0 amide bonds. The van der Waals surface area contributed by atoms with Crippen LogP contribution in [0.4, 0.5) is 0 Å². The molecule has 2 aromatic carbocycles. The quantitative estimate of drug-likeness (QED) is 0.738. The Morgan fingerprint density at radius 3 is 2.55 bits per heavy atom. The number of hydrogen-bond acceptors (Lipinski definition) is 3. The number of methoxy groups -OCH3 is 1. The van der Waals surface area contributed by atoms with Gasteiger partial charge in [0.2, 0.25) is 0 Å². The van der Waals surface area contributed by atoms with Gasteiger partial charge in [-0.05, 0) is 35.6 Å². The number of nitrogens with one attached hydrogen (secondary N) is 1. The van der Waals surface area contributed by atoms with Gasteiger partial charge in [-0.1, -0.05) is 30.3 Å². The molecule has 0 unspecified atom stereocenters. The standard InChI is InChI=1S/C18H15NO3/c1-11-5-3-4-6-13(11)16-10-19-17(20)15-9-12(18(21)22-2)7-8-14(15)16/h3-10H,1-2H3,(H,19,20). The van der Waals surface area contributed by atoms with E-state index in [1.54, 1.807) is 24.4 Å². The largest absolute Gasteiger partial charge is 0.465 e. The van der Waals surface area contributed by atoms with E-state index in [1.807, 2.05) is 31.2 Å². The molecule has 22 heavy (non-hydrogen) atoms. The lowest BCUT2D eigenvalue weighted by Gasteiger charge is -2.10. The van der Waals surface area contributed by atoms with Gasteiger partial charge >= 0.3 is 5.97 Å². The zero-order valence-electron chi connectivity index (χ0n) is 12.3. The second kappa shape index (κ2) is 5.48. The number of aromatic amines is 1. The second-order valence-electron chi connectivity index (χ2n) is 5.10. The monoisotopic (exact) mass is 293 g/mol. The minimum absolute atomic E-state index is 0.224. The van der Waals surface area contributed by atoms with Gasteiger partial charge in [-0.3, -0.25) is 4.79 Å². The Morgan fingerprint density at radius 1 is 1.05 bits per heavy atom. The number of hydrogen-bond donors (Lipinski definition) is 1. The minimum atomic E-state index is -0.456. The molecular weight excluding hydrogens is 278 g/mol. The van der Waals surface area contributed by atoms with Crippen LogP contribution in [-0.4, -0.2) is 18.1 Å². The number of rotatable bonds is 2. The third kappa shape index (κ3) is 2.29. The zero-order chi connectivity index (χ0) is 15.7. The molecule has 0 saturated heterocycles. The first-order valence-corrected chi connectivity index (χ1v) is 6.91. The molecule has 0 saturated carbocycles. The van der Waals surface area contributed by atoms with Gasteiger partial charge in [-0.15, -0.1) is 0 Å². The third-order valence-electron chi connectivity index (χ3n) is 3.76. The molecule has 0 aliphatic heterocycles. The van der Waals surface area contributed by atoms with Crippen molar-refractivity contribution >= 4 is 16.7 Å². The molecule has 110 valence electrons. The Kier molecular flexibility index (Phi) is 3.51. The number of pyridine rings is 1. The summed E-state index contributed by atoms with van der Waals surface area (Å²) in [5.74, 6) is -0.456. The van der Waals surface area contributed by atoms with Crippen LogP contribution in [0.2, 0.25) is 0 Å². The average molecular weight is 293 g/mol. The number of carbonyl (C=O) groups excluding carboxylic acids is 1. The number of aromatic nitrogens is 1. The van der Waals surface area contributed by atoms with Crippen LogP contribution < -0.4 is 5.56 Å². The number of esters is 1. The van der Waals surface area contributed by atoms with Crippen molar-refractivity contribution in [1.29, 1.82) is 0 Å². The van der Waals surface area contributed by atoms with E-state index in [-0.39, 0.29) is 5.56 Å². The summed E-state index contributed by atoms with van der Waals surface area (Å²) in [6, 6.07) is 13.0. The molecule has 1 heterocycles. The molecule has 0 spiro atoms. The molecule has 3 aromatic rings. The van der Waals surface area contributed by atoms with Gasteiger partial charge in [-0.25, -0.2) is 4.79 Å². The highest BCUT2D eigenvalue weighted by molar-refractivity contribution is 6.00. The van der Waals surface area contributed by atoms with Crippen LogP contribution in [0.5, 0.6) is 0 Å². The molecule has 0 atom stereocenters. The summed E-state index contributed by atoms with van der Waals surface area (Å²) < 4.78 is 4.71. The van der Waals surface area contributed by atoms with Crippen LogP contribution in [0, 0.1) is 6.92 Å². The van der Waals surface area contributed by atoms with Gasteiger partial charge in [0.05, 0.1) is 12.7 Å². The summed E-state index contributed by atoms with van der Waals surface area (Å²) in [5.41, 5.74) is 3.24. The number of fused-ring (bicyclic) bond motifs is 1. The Labute approximate surface area is 127 Å². The lowest BCUT2D eigenvalue weighted by molar-refractivity contribution is 0.0601. The van der Waals surface area contributed by atoms with Gasteiger partial charge in [0.25, 0.3) is 5.56 Å². The smallest absolute Gasteiger partial charge is 0.337 e. The van der Waals surface area contributed by atoms with Crippen molar-refractivity contribution in [2.45, 2.75) is 6.92 Å². The molecule has 0 fully saturated rings. The molecule has 0 aliphatic rings. The fourth-order valence-electron chi connectivity index (χ4n) is 2.60. The van der Waals surface area contributed by atoms with Crippen LogP contribution in [0.25, 0.3) is 21.9 Å². The fourth-order valence-corrected chi connectivity index (χ4v) is 2.60. The highest BCUT2D eigenvalue weighted by Crippen LogP contribution is 2.29. The summed E-state index contributed by atoms with van der Waals surface area (Å²) in [5, 5.41) is 1.29. The fraction of sp³-hybridized carbons (Fsp3) is 0.111. The number of H-pyrrole nitrogens is 1. The summed E-state index contributed by atoms with van der Waals surface area (Å²) in [6.45, 7) is 2.02. The van der Waals surface area contributed by atoms with Crippen molar-refractivity contribution in [3.05, 3.63) is 70.1 Å². The lowest BCUT2D eigenvalue weighted by atomic mass is 9.96. The predicted molar refractivity (Wildman–Crippen MR) is 86.1 cm³/mol. The summed E-state index contributed by atoms with van der Waals surface area (Å²) in [4.78, 5) is 26.5. The Balaban J connectivity index is 2.31. The van der Waals surface area contributed by atoms with Crippen molar-refractivity contribution in [3.8, 4) is 11.1 Å². The summed E-state index contributed by atoms with van der Waals surface area (Å²) >= 11 is 0. The van der Waals surface area contributed by atoms with Crippen LogP contribution in [0.1, 0.15) is 15.9 Å². The number of benzene rings is 2. The van der Waals surface area contributed by atoms with E-state index >= 15 is 0 Å². The maximum Gasteiger partial charge on any atom is 0.337 e. The Morgan fingerprint density at radius 2 is 1.82 bits per heavy atom. The van der Waals surface area contributed by atoms with Crippen molar-refractivity contribution < 1.29 is 9.53 Å². The highest BCUT2D eigenvalue weighted by atomic mass is 16.5. The summed E-state index contributed by atoms with van der Waals surface area (Å²) in [7, 11) is 1.32. The van der Waals surface area contributed by atoms with E-state index in [1.165, 1.54) is 7.11 Å². The normalized spacial score (nSPS) is 10.6. The molecule has 1 aromatic heterocycles. The first kappa shape index (κ1) is 14.1. The van der Waals surface area contributed by atoms with E-state index in [2.05, 4.69) is 4.98 Å². The van der Waals surface area contributed by atoms with E-state index in [0.717, 1.165) is 22.1 Å². The molecular formula is C18H15NO3.